The Hall–Kier alpha value is -1.56. The van der Waals surface area contributed by atoms with Gasteiger partial charge in [-0.1, -0.05) is 6.92 Å². The van der Waals surface area contributed by atoms with Crippen LogP contribution in [0, 0.1) is 17.5 Å². The molecule has 0 saturated heterocycles. The number of nitrogens with one attached hydrogen (secondary N) is 2. The standard InChI is InChI=1S/C11H13F3N2O/c1-2-3-15-6-10(17)16-11-8(13)4-7(12)5-9(11)14/h4-5,15H,2-3,6H2,1H3,(H,16,17). The molecule has 0 heterocycles. The topological polar surface area (TPSA) is 41.1 Å². The minimum atomic E-state index is -1.13. The van der Waals surface area contributed by atoms with Crippen molar-refractivity contribution in [2.24, 2.45) is 0 Å². The number of anilines is 1. The second kappa shape index (κ2) is 6.24. The molecule has 0 unspecified atom stereocenters. The van der Waals surface area contributed by atoms with Gasteiger partial charge in [0.05, 0.1) is 6.54 Å². The fourth-order valence-electron chi connectivity index (χ4n) is 1.22. The van der Waals surface area contributed by atoms with Gasteiger partial charge in [-0.05, 0) is 13.0 Å². The normalized spacial score (nSPS) is 10.4. The van der Waals surface area contributed by atoms with E-state index in [-0.39, 0.29) is 6.54 Å². The number of carbonyl (C=O) groups is 1. The minimum absolute atomic E-state index is 0.0515. The summed E-state index contributed by atoms with van der Waals surface area (Å²) >= 11 is 0. The molecule has 0 atom stereocenters. The molecule has 0 aromatic heterocycles. The van der Waals surface area contributed by atoms with Crippen LogP contribution in [0.25, 0.3) is 0 Å². The van der Waals surface area contributed by atoms with Crippen LogP contribution in [0.5, 0.6) is 0 Å². The number of carbonyl (C=O) groups excluding carboxylic acids is 1. The van der Waals surface area contributed by atoms with Crippen LogP contribution >= 0.6 is 0 Å². The van der Waals surface area contributed by atoms with Crippen molar-refractivity contribution in [1.29, 1.82) is 0 Å². The van der Waals surface area contributed by atoms with Crippen molar-refractivity contribution in [3.8, 4) is 0 Å². The Balaban J connectivity index is 2.65. The summed E-state index contributed by atoms with van der Waals surface area (Å²) < 4.78 is 38.9. The van der Waals surface area contributed by atoms with E-state index >= 15 is 0 Å². The predicted molar refractivity (Wildman–Crippen MR) is 58.1 cm³/mol. The third-order valence-electron chi connectivity index (χ3n) is 1.98. The Morgan fingerprint density at radius 3 is 2.35 bits per heavy atom. The van der Waals surface area contributed by atoms with Crippen LogP contribution in [0.4, 0.5) is 18.9 Å². The third-order valence-corrected chi connectivity index (χ3v) is 1.98. The maximum atomic E-state index is 13.1. The first-order valence-electron chi connectivity index (χ1n) is 5.19. The number of hydrogen-bond donors (Lipinski definition) is 2. The highest BCUT2D eigenvalue weighted by atomic mass is 19.1. The van der Waals surface area contributed by atoms with Gasteiger partial charge >= 0.3 is 0 Å². The van der Waals surface area contributed by atoms with E-state index in [0.29, 0.717) is 18.7 Å². The van der Waals surface area contributed by atoms with E-state index in [1.807, 2.05) is 12.2 Å². The summed E-state index contributed by atoms with van der Waals surface area (Å²) in [6.45, 7) is 2.50. The van der Waals surface area contributed by atoms with Crippen molar-refractivity contribution >= 4 is 11.6 Å². The Morgan fingerprint density at radius 2 is 1.82 bits per heavy atom. The van der Waals surface area contributed by atoms with Gasteiger partial charge in [-0.25, -0.2) is 13.2 Å². The Bertz CT molecular complexity index is 387. The van der Waals surface area contributed by atoms with Crippen molar-refractivity contribution < 1.29 is 18.0 Å². The van der Waals surface area contributed by atoms with Gasteiger partial charge in [0.15, 0.2) is 11.6 Å². The number of hydrogen-bond acceptors (Lipinski definition) is 2. The predicted octanol–water partition coefficient (Wildman–Crippen LogP) is 2.04. The molecule has 6 heteroatoms. The summed E-state index contributed by atoms with van der Waals surface area (Å²) in [5.74, 6) is -3.87. The van der Waals surface area contributed by atoms with Gasteiger partial charge in [-0.2, -0.15) is 0 Å². The van der Waals surface area contributed by atoms with E-state index in [0.717, 1.165) is 6.42 Å². The van der Waals surface area contributed by atoms with Crippen molar-refractivity contribution in [3.63, 3.8) is 0 Å². The van der Waals surface area contributed by atoms with Crippen molar-refractivity contribution in [1.82, 2.24) is 5.32 Å². The first-order chi connectivity index (χ1) is 8.04. The summed E-state index contributed by atoms with van der Waals surface area (Å²) in [6, 6.07) is 1.02. The highest BCUT2D eigenvalue weighted by Gasteiger charge is 2.13. The van der Waals surface area contributed by atoms with Gasteiger partial charge < -0.3 is 10.6 Å². The molecule has 1 amide bonds. The van der Waals surface area contributed by atoms with E-state index in [2.05, 4.69) is 5.32 Å². The average molecular weight is 246 g/mol. The quantitative estimate of drug-likeness (QED) is 0.781. The zero-order valence-corrected chi connectivity index (χ0v) is 9.32. The number of benzene rings is 1. The Labute approximate surface area is 97.0 Å². The first-order valence-corrected chi connectivity index (χ1v) is 5.19. The van der Waals surface area contributed by atoms with Gasteiger partial charge in [0.2, 0.25) is 5.91 Å². The van der Waals surface area contributed by atoms with Crippen LogP contribution in [0.1, 0.15) is 13.3 Å². The smallest absolute Gasteiger partial charge is 0.238 e. The number of rotatable bonds is 5. The van der Waals surface area contributed by atoms with Gasteiger partial charge in [-0.3, -0.25) is 4.79 Å². The summed E-state index contributed by atoms with van der Waals surface area (Å²) in [5.41, 5.74) is -0.630. The number of halogens is 3. The molecule has 94 valence electrons. The Kier molecular flexibility index (Phi) is 4.96. The van der Waals surface area contributed by atoms with E-state index in [1.165, 1.54) is 0 Å². The van der Waals surface area contributed by atoms with E-state index in [9.17, 15) is 18.0 Å². The van der Waals surface area contributed by atoms with Crippen molar-refractivity contribution in [2.45, 2.75) is 13.3 Å². The molecule has 1 aromatic rings. The lowest BCUT2D eigenvalue weighted by atomic mass is 10.2. The maximum absolute atomic E-state index is 13.1. The molecule has 0 bridgehead atoms. The highest BCUT2D eigenvalue weighted by molar-refractivity contribution is 5.92. The molecule has 3 nitrogen and oxygen atoms in total. The molecule has 1 rings (SSSR count). The van der Waals surface area contributed by atoms with Crippen molar-refractivity contribution in [2.75, 3.05) is 18.4 Å². The van der Waals surface area contributed by atoms with E-state index < -0.39 is 29.0 Å². The molecule has 17 heavy (non-hydrogen) atoms. The molecule has 0 saturated carbocycles. The third kappa shape index (κ3) is 4.07. The molecular formula is C11H13F3N2O. The second-order valence-electron chi connectivity index (χ2n) is 3.47. The maximum Gasteiger partial charge on any atom is 0.238 e. The van der Waals surface area contributed by atoms with Crippen LogP contribution in [0.3, 0.4) is 0 Å². The van der Waals surface area contributed by atoms with Crippen LogP contribution in [0.15, 0.2) is 12.1 Å². The van der Waals surface area contributed by atoms with Crippen LogP contribution < -0.4 is 10.6 Å². The van der Waals surface area contributed by atoms with Gasteiger partial charge in [0.25, 0.3) is 0 Å². The largest absolute Gasteiger partial charge is 0.320 e. The monoisotopic (exact) mass is 246 g/mol. The zero-order chi connectivity index (χ0) is 12.8. The van der Waals surface area contributed by atoms with Crippen LogP contribution in [-0.4, -0.2) is 19.0 Å². The molecular weight excluding hydrogens is 233 g/mol. The summed E-state index contributed by atoms with van der Waals surface area (Å²) in [4.78, 5) is 11.3. The Morgan fingerprint density at radius 1 is 1.24 bits per heavy atom. The highest BCUT2D eigenvalue weighted by Crippen LogP contribution is 2.19. The molecule has 0 spiro atoms. The fourth-order valence-corrected chi connectivity index (χ4v) is 1.22. The van der Waals surface area contributed by atoms with Gasteiger partial charge in [0.1, 0.15) is 11.5 Å². The van der Waals surface area contributed by atoms with E-state index in [1.54, 1.807) is 0 Å². The fraction of sp³-hybridized carbons (Fsp3) is 0.364. The molecule has 0 radical (unpaired) electrons. The SMILES string of the molecule is CCCNCC(=O)Nc1c(F)cc(F)cc1F. The van der Waals surface area contributed by atoms with Crippen molar-refractivity contribution in [3.05, 3.63) is 29.6 Å². The lowest BCUT2D eigenvalue weighted by Gasteiger charge is -2.08. The molecule has 1 aromatic carbocycles. The lowest BCUT2D eigenvalue weighted by molar-refractivity contribution is -0.115. The minimum Gasteiger partial charge on any atom is -0.320 e. The summed E-state index contributed by atoms with van der Waals surface area (Å²) in [7, 11) is 0. The lowest BCUT2D eigenvalue weighted by Crippen LogP contribution is -2.29. The second-order valence-corrected chi connectivity index (χ2v) is 3.47. The molecule has 0 aliphatic carbocycles. The van der Waals surface area contributed by atoms with E-state index in [4.69, 9.17) is 0 Å². The molecule has 0 aliphatic rings. The van der Waals surface area contributed by atoms with Gasteiger partial charge in [0, 0.05) is 12.1 Å². The average Bonchev–Trinajstić information content (AvgIpc) is 2.24. The summed E-state index contributed by atoms with van der Waals surface area (Å²) in [5, 5.41) is 4.82. The summed E-state index contributed by atoms with van der Waals surface area (Å²) in [6.07, 6.45) is 0.840. The van der Waals surface area contributed by atoms with Crippen LogP contribution in [-0.2, 0) is 4.79 Å². The van der Waals surface area contributed by atoms with Crippen LogP contribution in [0.2, 0.25) is 0 Å². The zero-order valence-electron chi connectivity index (χ0n) is 9.32. The first kappa shape index (κ1) is 13.5. The molecule has 0 aliphatic heterocycles. The number of amides is 1. The molecule has 0 fully saturated rings. The van der Waals surface area contributed by atoms with Gasteiger partial charge in [-0.15, -0.1) is 0 Å². The molecule has 2 N–H and O–H groups in total.